The van der Waals surface area contributed by atoms with E-state index in [1.165, 1.54) is 0 Å². The molecule has 3 saturated heterocycles. The maximum atomic E-state index is 14.4. The molecule has 3 aliphatic heterocycles. The summed E-state index contributed by atoms with van der Waals surface area (Å²) in [6.07, 6.45) is 4.46. The van der Waals surface area contributed by atoms with Crippen LogP contribution in [0.5, 0.6) is 0 Å². The van der Waals surface area contributed by atoms with E-state index in [0.29, 0.717) is 36.5 Å². The summed E-state index contributed by atoms with van der Waals surface area (Å²) in [5.41, 5.74) is -0.634. The van der Waals surface area contributed by atoms with E-state index in [1.807, 2.05) is 0 Å². The first-order valence-corrected chi connectivity index (χ1v) is 14.2. The minimum absolute atomic E-state index is 0.117. The number of likely N-dealkylation sites (tertiary alicyclic amines) is 1. The molecule has 10 heteroatoms. The molecule has 0 aromatic heterocycles. The van der Waals surface area contributed by atoms with Crippen LogP contribution >= 0.6 is 27.5 Å². The molecule has 3 aliphatic rings. The van der Waals surface area contributed by atoms with Crippen LogP contribution in [-0.4, -0.2) is 76.7 Å². The Balaban J connectivity index is 1.74. The summed E-state index contributed by atoms with van der Waals surface area (Å²) in [5.74, 6) is -2.62. The highest BCUT2D eigenvalue weighted by atomic mass is 79.9. The van der Waals surface area contributed by atoms with Crippen LogP contribution in [0, 0.1) is 11.8 Å². The van der Waals surface area contributed by atoms with Crippen LogP contribution < -0.4 is 4.90 Å². The average Bonchev–Trinajstić information content (AvgIpc) is 3.46. The lowest BCUT2D eigenvalue weighted by Crippen LogP contribution is -2.57. The Bertz CT molecular complexity index is 1040. The number of carbonyl (C=O) groups is 3. The molecule has 6 atom stereocenters. The van der Waals surface area contributed by atoms with E-state index in [1.54, 1.807) is 47.1 Å². The molecule has 1 aromatic carbocycles. The third-order valence-corrected chi connectivity index (χ3v) is 8.77. The lowest BCUT2D eigenvalue weighted by atomic mass is 9.70. The number of hydrogen-bond acceptors (Lipinski definition) is 6. The third-order valence-electron chi connectivity index (χ3n) is 7.61. The molecular formula is C27H34BrClN2O6. The number of nitrogens with zero attached hydrogens (tertiary/aromatic N) is 2. The normalized spacial score (nSPS) is 29.9. The lowest BCUT2D eigenvalue weighted by molar-refractivity contribution is -0.154. The van der Waals surface area contributed by atoms with Gasteiger partial charge in [-0.1, -0.05) is 58.6 Å². The molecule has 2 bridgehead atoms. The zero-order valence-corrected chi connectivity index (χ0v) is 23.3. The van der Waals surface area contributed by atoms with Crippen molar-refractivity contribution in [1.82, 2.24) is 4.90 Å². The SMILES string of the molecule is C=CCN(C(=O)C1N(CCCCCCO)C(=O)[C@@H]2[C@H](C(=O)OCC)[C@H]3OC12CC3Br)c1ccccc1Cl. The topological polar surface area (TPSA) is 96.4 Å². The number of benzene rings is 1. The number of esters is 1. The maximum absolute atomic E-state index is 14.4. The molecule has 1 aromatic rings. The largest absolute Gasteiger partial charge is 0.466 e. The van der Waals surface area contributed by atoms with Crippen LogP contribution in [0.15, 0.2) is 36.9 Å². The minimum Gasteiger partial charge on any atom is -0.466 e. The van der Waals surface area contributed by atoms with Gasteiger partial charge in [-0.05, 0) is 38.3 Å². The van der Waals surface area contributed by atoms with E-state index in [4.69, 9.17) is 26.2 Å². The van der Waals surface area contributed by atoms with Crippen molar-refractivity contribution < 1.29 is 29.0 Å². The molecule has 3 heterocycles. The number of alkyl halides is 1. The molecule has 2 amide bonds. The number of amides is 2. The average molecular weight is 598 g/mol. The quantitative estimate of drug-likeness (QED) is 0.171. The summed E-state index contributed by atoms with van der Waals surface area (Å²) >= 11 is 10.1. The monoisotopic (exact) mass is 596 g/mol. The summed E-state index contributed by atoms with van der Waals surface area (Å²) < 4.78 is 11.8. The highest BCUT2D eigenvalue weighted by Crippen LogP contribution is 2.60. The fourth-order valence-corrected chi connectivity index (χ4v) is 7.34. The van der Waals surface area contributed by atoms with Gasteiger partial charge in [-0.25, -0.2) is 0 Å². The van der Waals surface area contributed by atoms with E-state index in [-0.39, 0.29) is 36.4 Å². The lowest BCUT2D eigenvalue weighted by Gasteiger charge is -2.37. The number of fused-ring (bicyclic) bond motifs is 1. The number of ether oxygens (including phenoxy) is 2. The highest BCUT2D eigenvalue weighted by Gasteiger charge is 2.77. The molecule has 8 nitrogen and oxygen atoms in total. The van der Waals surface area contributed by atoms with Gasteiger partial charge in [-0.15, -0.1) is 6.58 Å². The zero-order valence-electron chi connectivity index (χ0n) is 21.0. The summed E-state index contributed by atoms with van der Waals surface area (Å²) in [4.78, 5) is 44.4. The number of para-hydroxylation sites is 1. The van der Waals surface area contributed by atoms with Gasteiger partial charge in [-0.2, -0.15) is 0 Å². The zero-order chi connectivity index (χ0) is 26.7. The molecular weight excluding hydrogens is 564 g/mol. The van der Waals surface area contributed by atoms with Crippen LogP contribution in [-0.2, 0) is 23.9 Å². The Morgan fingerprint density at radius 3 is 2.73 bits per heavy atom. The van der Waals surface area contributed by atoms with Gasteiger partial charge in [0.25, 0.3) is 5.91 Å². The van der Waals surface area contributed by atoms with Gasteiger partial charge >= 0.3 is 5.97 Å². The Labute approximate surface area is 231 Å². The van der Waals surface area contributed by atoms with Gasteiger partial charge in [0.15, 0.2) is 0 Å². The highest BCUT2D eigenvalue weighted by molar-refractivity contribution is 9.09. The van der Waals surface area contributed by atoms with Crippen molar-refractivity contribution in [3.63, 3.8) is 0 Å². The van der Waals surface area contributed by atoms with Crippen molar-refractivity contribution in [3.05, 3.63) is 41.9 Å². The number of aliphatic hydroxyl groups excluding tert-OH is 1. The number of unbranched alkanes of at least 4 members (excludes halogenated alkanes) is 3. The predicted octanol–water partition coefficient (Wildman–Crippen LogP) is 3.72. The Morgan fingerprint density at radius 1 is 1.32 bits per heavy atom. The first-order valence-electron chi connectivity index (χ1n) is 12.9. The molecule has 37 heavy (non-hydrogen) atoms. The predicted molar refractivity (Wildman–Crippen MR) is 144 cm³/mol. The molecule has 3 unspecified atom stereocenters. The summed E-state index contributed by atoms with van der Waals surface area (Å²) in [5, 5.41) is 9.52. The molecule has 3 fully saturated rings. The van der Waals surface area contributed by atoms with Gasteiger partial charge in [-0.3, -0.25) is 14.4 Å². The van der Waals surface area contributed by atoms with E-state index in [9.17, 15) is 14.4 Å². The van der Waals surface area contributed by atoms with Gasteiger partial charge in [0.1, 0.15) is 11.6 Å². The molecule has 0 saturated carbocycles. The first-order chi connectivity index (χ1) is 17.8. The number of anilines is 1. The minimum atomic E-state index is -1.16. The van der Waals surface area contributed by atoms with E-state index >= 15 is 0 Å². The summed E-state index contributed by atoms with van der Waals surface area (Å²) in [7, 11) is 0. The van der Waals surface area contributed by atoms with Crippen molar-refractivity contribution in [2.75, 3.05) is 31.2 Å². The number of hydrogen-bond donors (Lipinski definition) is 1. The van der Waals surface area contributed by atoms with Crippen LogP contribution in [0.3, 0.4) is 0 Å². The fourth-order valence-electron chi connectivity index (χ4n) is 6.16. The van der Waals surface area contributed by atoms with E-state index in [2.05, 4.69) is 22.5 Å². The van der Waals surface area contributed by atoms with Gasteiger partial charge in [0.05, 0.1) is 35.3 Å². The van der Waals surface area contributed by atoms with Crippen LogP contribution in [0.25, 0.3) is 0 Å². The number of carbonyl (C=O) groups excluding carboxylic acids is 3. The second-order valence-corrected chi connectivity index (χ2v) is 11.4. The second-order valence-electron chi connectivity index (χ2n) is 9.77. The Hall–Kier alpha value is -1.94. The van der Waals surface area contributed by atoms with Gasteiger partial charge in [0.2, 0.25) is 5.91 Å². The molecule has 202 valence electrons. The van der Waals surface area contributed by atoms with Gasteiger partial charge < -0.3 is 24.4 Å². The number of rotatable bonds is 12. The van der Waals surface area contributed by atoms with Gasteiger partial charge in [0, 0.05) is 24.5 Å². The second kappa shape index (κ2) is 11.8. The summed E-state index contributed by atoms with van der Waals surface area (Å²) in [6, 6.07) is 6.13. The Kier molecular flexibility index (Phi) is 8.99. The van der Waals surface area contributed by atoms with Crippen LogP contribution in [0.2, 0.25) is 5.02 Å². The van der Waals surface area contributed by atoms with Crippen molar-refractivity contribution >= 4 is 51.0 Å². The van der Waals surface area contributed by atoms with Crippen molar-refractivity contribution in [2.24, 2.45) is 11.8 Å². The van der Waals surface area contributed by atoms with Crippen molar-refractivity contribution in [2.45, 2.75) is 61.6 Å². The van der Waals surface area contributed by atoms with Crippen molar-refractivity contribution in [1.29, 1.82) is 0 Å². The van der Waals surface area contributed by atoms with E-state index < -0.39 is 35.6 Å². The smallest absolute Gasteiger partial charge is 0.312 e. The standard InChI is InChI=1S/C27H34BrClN2O6/c1-3-13-30(19-12-8-7-11-18(19)29)25(34)23-27-16-17(28)22(37-27)20(26(35)36-4-2)21(27)24(33)31(23)14-9-5-6-10-15-32/h3,7-8,11-12,17,20-23,32H,1,4-6,9-10,13-16H2,2H3/t17?,20-,21-,22-,23?,27?/m0/s1. The van der Waals surface area contributed by atoms with Crippen LogP contribution in [0.1, 0.15) is 39.0 Å². The molecule has 0 aliphatic carbocycles. The molecule has 4 rings (SSSR count). The van der Waals surface area contributed by atoms with Crippen molar-refractivity contribution in [3.8, 4) is 0 Å². The fraction of sp³-hybridized carbons (Fsp3) is 0.593. The molecule has 1 spiro atoms. The van der Waals surface area contributed by atoms with E-state index in [0.717, 1.165) is 12.8 Å². The first kappa shape index (κ1) is 28.1. The Morgan fingerprint density at radius 2 is 2.05 bits per heavy atom. The third kappa shape index (κ3) is 4.95. The summed E-state index contributed by atoms with van der Waals surface area (Å²) in [6.45, 7) is 6.40. The molecule has 1 N–H and O–H groups in total. The maximum Gasteiger partial charge on any atom is 0.312 e. The number of halogens is 2. The van der Waals surface area contributed by atoms with Crippen LogP contribution in [0.4, 0.5) is 5.69 Å². The number of aliphatic hydroxyl groups is 1. The molecule has 0 radical (unpaired) electrons.